The lowest BCUT2D eigenvalue weighted by Gasteiger charge is -2.38. The summed E-state index contributed by atoms with van der Waals surface area (Å²) in [7, 11) is 0. The summed E-state index contributed by atoms with van der Waals surface area (Å²) in [6, 6.07) is 0.784. The zero-order valence-electron chi connectivity index (χ0n) is 10.7. The molecule has 0 aromatic heterocycles. The molecule has 2 heteroatoms. The Hall–Kier alpha value is -0.0800. The maximum atomic E-state index is 5.63. The minimum atomic E-state index is 0.697. The van der Waals surface area contributed by atoms with E-state index in [-0.39, 0.29) is 0 Å². The van der Waals surface area contributed by atoms with Gasteiger partial charge in [0.1, 0.15) is 0 Å². The van der Waals surface area contributed by atoms with Crippen LogP contribution < -0.4 is 5.73 Å². The van der Waals surface area contributed by atoms with Gasteiger partial charge in [0.2, 0.25) is 0 Å². The summed E-state index contributed by atoms with van der Waals surface area (Å²) in [4.78, 5) is 2.66. The first-order chi connectivity index (χ1) is 7.15. The predicted octanol–water partition coefficient (Wildman–Crippen LogP) is 2.48. The zero-order chi connectivity index (χ0) is 11.3. The molecule has 3 atom stereocenters. The first-order valence-corrected chi connectivity index (χ1v) is 6.59. The fraction of sp³-hybridized carbons (Fsp3) is 1.00. The molecule has 1 rings (SSSR count). The molecule has 0 saturated carbocycles. The SMILES string of the molecule is CC(CN)CCCN1CCCC(C)C1C. The summed E-state index contributed by atoms with van der Waals surface area (Å²) < 4.78 is 0. The minimum Gasteiger partial charge on any atom is -0.330 e. The van der Waals surface area contributed by atoms with Gasteiger partial charge in [-0.3, -0.25) is 0 Å². The van der Waals surface area contributed by atoms with Gasteiger partial charge in [-0.1, -0.05) is 13.8 Å². The fourth-order valence-corrected chi connectivity index (χ4v) is 2.50. The topological polar surface area (TPSA) is 29.3 Å². The molecule has 15 heavy (non-hydrogen) atoms. The van der Waals surface area contributed by atoms with Crippen LogP contribution in [0.4, 0.5) is 0 Å². The second-order valence-corrected chi connectivity index (χ2v) is 5.38. The van der Waals surface area contributed by atoms with E-state index in [1.165, 1.54) is 38.8 Å². The minimum absolute atomic E-state index is 0.697. The van der Waals surface area contributed by atoms with Gasteiger partial charge in [-0.25, -0.2) is 0 Å². The number of rotatable bonds is 5. The molecule has 1 aliphatic heterocycles. The number of nitrogens with zero attached hydrogens (tertiary/aromatic N) is 1. The van der Waals surface area contributed by atoms with Gasteiger partial charge in [0.15, 0.2) is 0 Å². The Kier molecular flexibility index (Phi) is 5.62. The lowest BCUT2D eigenvalue weighted by atomic mass is 9.91. The number of piperidine rings is 1. The van der Waals surface area contributed by atoms with Gasteiger partial charge in [-0.05, 0) is 64.1 Å². The average Bonchev–Trinajstić information content (AvgIpc) is 2.24. The van der Waals surface area contributed by atoms with Gasteiger partial charge >= 0.3 is 0 Å². The summed E-state index contributed by atoms with van der Waals surface area (Å²) >= 11 is 0. The van der Waals surface area contributed by atoms with E-state index in [1.54, 1.807) is 0 Å². The lowest BCUT2D eigenvalue weighted by molar-refractivity contribution is 0.110. The Balaban J connectivity index is 2.19. The van der Waals surface area contributed by atoms with Crippen molar-refractivity contribution in [3.63, 3.8) is 0 Å². The van der Waals surface area contributed by atoms with Crippen molar-refractivity contribution in [2.75, 3.05) is 19.6 Å². The van der Waals surface area contributed by atoms with Gasteiger partial charge in [0.25, 0.3) is 0 Å². The van der Waals surface area contributed by atoms with E-state index in [4.69, 9.17) is 5.73 Å². The van der Waals surface area contributed by atoms with Crippen LogP contribution in [0.2, 0.25) is 0 Å². The van der Waals surface area contributed by atoms with Crippen molar-refractivity contribution in [2.24, 2.45) is 17.6 Å². The van der Waals surface area contributed by atoms with E-state index in [0.29, 0.717) is 5.92 Å². The average molecular weight is 212 g/mol. The lowest BCUT2D eigenvalue weighted by Crippen LogP contribution is -2.42. The van der Waals surface area contributed by atoms with Crippen molar-refractivity contribution in [2.45, 2.75) is 52.5 Å². The highest BCUT2D eigenvalue weighted by atomic mass is 15.2. The summed E-state index contributed by atoms with van der Waals surface area (Å²) in [5.74, 6) is 1.58. The van der Waals surface area contributed by atoms with E-state index >= 15 is 0 Å². The zero-order valence-corrected chi connectivity index (χ0v) is 10.7. The number of likely N-dealkylation sites (tertiary alicyclic amines) is 1. The monoisotopic (exact) mass is 212 g/mol. The Labute approximate surface area is 95.2 Å². The van der Waals surface area contributed by atoms with Crippen LogP contribution in [-0.2, 0) is 0 Å². The molecule has 0 amide bonds. The molecule has 2 N–H and O–H groups in total. The van der Waals surface area contributed by atoms with Gasteiger partial charge in [0, 0.05) is 6.04 Å². The third-order valence-corrected chi connectivity index (χ3v) is 4.05. The molecule has 1 fully saturated rings. The van der Waals surface area contributed by atoms with Crippen LogP contribution in [0.3, 0.4) is 0 Å². The second kappa shape index (κ2) is 6.49. The Bertz CT molecular complexity index is 170. The summed E-state index contributed by atoms with van der Waals surface area (Å²) in [5.41, 5.74) is 5.63. The Morgan fingerprint density at radius 3 is 2.80 bits per heavy atom. The Morgan fingerprint density at radius 2 is 2.13 bits per heavy atom. The van der Waals surface area contributed by atoms with Crippen molar-refractivity contribution in [1.29, 1.82) is 0 Å². The highest BCUT2D eigenvalue weighted by molar-refractivity contribution is 4.78. The molecular weight excluding hydrogens is 184 g/mol. The standard InChI is InChI=1S/C13H28N2/c1-11(10-14)6-4-8-15-9-5-7-12(2)13(15)3/h11-13H,4-10,14H2,1-3H3. The van der Waals surface area contributed by atoms with Crippen LogP contribution in [0.15, 0.2) is 0 Å². The maximum absolute atomic E-state index is 5.63. The van der Waals surface area contributed by atoms with Crippen LogP contribution in [0.5, 0.6) is 0 Å². The first kappa shape index (κ1) is 13.0. The maximum Gasteiger partial charge on any atom is 0.00925 e. The molecule has 0 aromatic rings. The molecule has 0 radical (unpaired) electrons. The molecular formula is C13H28N2. The van der Waals surface area contributed by atoms with Crippen molar-refractivity contribution in [3.8, 4) is 0 Å². The molecule has 1 aliphatic rings. The largest absolute Gasteiger partial charge is 0.330 e. The third-order valence-electron chi connectivity index (χ3n) is 4.05. The molecule has 0 spiro atoms. The Morgan fingerprint density at radius 1 is 1.40 bits per heavy atom. The van der Waals surface area contributed by atoms with E-state index in [9.17, 15) is 0 Å². The first-order valence-electron chi connectivity index (χ1n) is 6.59. The molecule has 90 valence electrons. The highest BCUT2D eigenvalue weighted by Gasteiger charge is 2.23. The van der Waals surface area contributed by atoms with Crippen molar-refractivity contribution in [3.05, 3.63) is 0 Å². The summed E-state index contributed by atoms with van der Waals surface area (Å²) in [5, 5.41) is 0. The summed E-state index contributed by atoms with van der Waals surface area (Å²) in [6.45, 7) is 10.4. The normalized spacial score (nSPS) is 30.4. The van der Waals surface area contributed by atoms with Crippen molar-refractivity contribution in [1.82, 2.24) is 4.90 Å². The smallest absolute Gasteiger partial charge is 0.00925 e. The van der Waals surface area contributed by atoms with Gasteiger partial charge < -0.3 is 10.6 Å². The number of nitrogens with two attached hydrogens (primary N) is 1. The third kappa shape index (κ3) is 4.12. The molecule has 0 aliphatic carbocycles. The van der Waals surface area contributed by atoms with Crippen molar-refractivity contribution < 1.29 is 0 Å². The van der Waals surface area contributed by atoms with E-state index in [2.05, 4.69) is 25.7 Å². The molecule has 3 unspecified atom stereocenters. The number of hydrogen-bond acceptors (Lipinski definition) is 2. The molecule has 1 heterocycles. The van der Waals surface area contributed by atoms with Crippen LogP contribution in [-0.4, -0.2) is 30.6 Å². The van der Waals surface area contributed by atoms with Crippen LogP contribution in [0, 0.1) is 11.8 Å². The van der Waals surface area contributed by atoms with Gasteiger partial charge in [-0.2, -0.15) is 0 Å². The van der Waals surface area contributed by atoms with E-state index in [1.807, 2.05) is 0 Å². The predicted molar refractivity (Wildman–Crippen MR) is 66.9 cm³/mol. The van der Waals surface area contributed by atoms with E-state index < -0.39 is 0 Å². The highest BCUT2D eigenvalue weighted by Crippen LogP contribution is 2.23. The molecule has 0 bridgehead atoms. The quantitative estimate of drug-likeness (QED) is 0.758. The van der Waals surface area contributed by atoms with Gasteiger partial charge in [0.05, 0.1) is 0 Å². The van der Waals surface area contributed by atoms with Crippen LogP contribution in [0.1, 0.15) is 46.5 Å². The number of hydrogen-bond donors (Lipinski definition) is 1. The molecule has 1 saturated heterocycles. The van der Waals surface area contributed by atoms with Crippen LogP contribution in [0.25, 0.3) is 0 Å². The molecule has 0 aromatic carbocycles. The van der Waals surface area contributed by atoms with Crippen LogP contribution >= 0.6 is 0 Å². The second-order valence-electron chi connectivity index (χ2n) is 5.38. The van der Waals surface area contributed by atoms with Gasteiger partial charge in [-0.15, -0.1) is 0 Å². The summed E-state index contributed by atoms with van der Waals surface area (Å²) in [6.07, 6.45) is 5.40. The molecule has 2 nitrogen and oxygen atoms in total. The van der Waals surface area contributed by atoms with Crippen molar-refractivity contribution >= 4 is 0 Å². The fourth-order valence-electron chi connectivity index (χ4n) is 2.50. The van der Waals surface area contributed by atoms with E-state index in [0.717, 1.165) is 18.5 Å².